The molecule has 0 saturated heterocycles. The predicted molar refractivity (Wildman–Crippen MR) is 59.9 cm³/mol. The highest BCUT2D eigenvalue weighted by Gasteiger charge is 2.16. The van der Waals surface area contributed by atoms with Gasteiger partial charge in [0.1, 0.15) is 11.6 Å². The summed E-state index contributed by atoms with van der Waals surface area (Å²) < 4.78 is 27.9. The number of benzene rings is 1. The highest BCUT2D eigenvalue weighted by Crippen LogP contribution is 2.26. The number of hydrogen-bond acceptors (Lipinski definition) is 2. The van der Waals surface area contributed by atoms with Gasteiger partial charge in [0.25, 0.3) is 0 Å². The van der Waals surface area contributed by atoms with Gasteiger partial charge in [0.15, 0.2) is 0 Å². The van der Waals surface area contributed by atoms with E-state index in [1.807, 2.05) is 0 Å². The summed E-state index contributed by atoms with van der Waals surface area (Å²) >= 11 is 0. The van der Waals surface area contributed by atoms with E-state index in [9.17, 15) is 13.6 Å². The van der Waals surface area contributed by atoms with Gasteiger partial charge in [0, 0.05) is 30.4 Å². The van der Waals surface area contributed by atoms with E-state index >= 15 is 0 Å². The molecule has 4 nitrogen and oxygen atoms in total. The van der Waals surface area contributed by atoms with Crippen LogP contribution in [0, 0.1) is 11.6 Å². The largest absolute Gasteiger partial charge is 0.481 e. The number of aliphatic carboxylic acids is 1. The average Bonchev–Trinajstić information content (AvgIpc) is 2.58. The Bertz CT molecular complexity index is 608. The lowest BCUT2D eigenvalue weighted by Gasteiger charge is -2.02. The molecule has 18 heavy (non-hydrogen) atoms. The quantitative estimate of drug-likeness (QED) is 0.908. The number of carboxylic acid groups (broad SMARTS) is 1. The molecule has 94 valence electrons. The smallest absolute Gasteiger partial charge is 0.309 e. The van der Waals surface area contributed by atoms with Crippen molar-refractivity contribution in [3.8, 4) is 11.1 Å². The van der Waals surface area contributed by atoms with Crippen LogP contribution in [0.3, 0.4) is 0 Å². The van der Waals surface area contributed by atoms with E-state index in [2.05, 4.69) is 5.10 Å². The predicted octanol–water partition coefficient (Wildman–Crippen LogP) is 1.99. The molecule has 0 unspecified atom stereocenters. The molecule has 1 heterocycles. The molecule has 0 aliphatic rings. The lowest BCUT2D eigenvalue weighted by Crippen LogP contribution is -2.03. The lowest BCUT2D eigenvalue weighted by molar-refractivity contribution is -0.136. The van der Waals surface area contributed by atoms with Crippen LogP contribution in [0.2, 0.25) is 0 Å². The zero-order valence-corrected chi connectivity index (χ0v) is 9.52. The number of carbonyl (C=O) groups is 1. The standard InChI is InChI=1S/C12H10F2N2O2/c1-16-6-9(11(15-16)5-12(17)18)8-3-2-7(13)4-10(8)14/h2-4,6H,5H2,1H3,(H,17,18). The minimum atomic E-state index is -1.06. The third-order valence-corrected chi connectivity index (χ3v) is 2.45. The third-order valence-electron chi connectivity index (χ3n) is 2.45. The molecule has 0 radical (unpaired) electrons. The van der Waals surface area contributed by atoms with Gasteiger partial charge in [-0.1, -0.05) is 0 Å². The van der Waals surface area contributed by atoms with Crippen LogP contribution in [-0.4, -0.2) is 20.9 Å². The SMILES string of the molecule is Cn1cc(-c2ccc(F)cc2F)c(CC(=O)O)n1. The van der Waals surface area contributed by atoms with Crippen LogP contribution in [0.1, 0.15) is 5.69 Å². The first-order chi connectivity index (χ1) is 8.47. The molecule has 0 bridgehead atoms. The molecule has 2 rings (SSSR count). The van der Waals surface area contributed by atoms with E-state index in [-0.39, 0.29) is 17.7 Å². The van der Waals surface area contributed by atoms with Gasteiger partial charge in [-0.2, -0.15) is 5.10 Å². The highest BCUT2D eigenvalue weighted by molar-refractivity contribution is 5.75. The van der Waals surface area contributed by atoms with Crippen molar-refractivity contribution < 1.29 is 18.7 Å². The fraction of sp³-hybridized carbons (Fsp3) is 0.167. The van der Waals surface area contributed by atoms with Crippen LogP contribution < -0.4 is 0 Å². The fourth-order valence-corrected chi connectivity index (χ4v) is 1.74. The van der Waals surface area contributed by atoms with Gasteiger partial charge in [0.2, 0.25) is 0 Å². The van der Waals surface area contributed by atoms with E-state index in [0.29, 0.717) is 5.56 Å². The van der Waals surface area contributed by atoms with Crippen LogP contribution in [0.15, 0.2) is 24.4 Å². The number of rotatable bonds is 3. The fourth-order valence-electron chi connectivity index (χ4n) is 1.74. The Balaban J connectivity index is 2.52. The van der Waals surface area contributed by atoms with Crippen molar-refractivity contribution in [2.75, 3.05) is 0 Å². The maximum absolute atomic E-state index is 13.6. The van der Waals surface area contributed by atoms with Crippen molar-refractivity contribution in [3.63, 3.8) is 0 Å². The third kappa shape index (κ3) is 2.37. The van der Waals surface area contributed by atoms with E-state index in [1.54, 1.807) is 7.05 Å². The monoisotopic (exact) mass is 252 g/mol. The van der Waals surface area contributed by atoms with Crippen LogP contribution >= 0.6 is 0 Å². The van der Waals surface area contributed by atoms with Gasteiger partial charge in [-0.3, -0.25) is 9.48 Å². The Hall–Kier alpha value is -2.24. The average molecular weight is 252 g/mol. The zero-order chi connectivity index (χ0) is 13.3. The number of aromatic nitrogens is 2. The maximum Gasteiger partial charge on any atom is 0.309 e. The first-order valence-corrected chi connectivity index (χ1v) is 5.17. The summed E-state index contributed by atoms with van der Waals surface area (Å²) in [5, 5.41) is 12.7. The number of aryl methyl sites for hydroxylation is 1. The van der Waals surface area contributed by atoms with Gasteiger partial charge in [-0.05, 0) is 12.1 Å². The molecule has 0 fully saturated rings. The Morgan fingerprint density at radius 1 is 1.39 bits per heavy atom. The normalized spacial score (nSPS) is 10.6. The molecule has 1 N–H and O–H groups in total. The topological polar surface area (TPSA) is 55.1 Å². The number of carboxylic acids is 1. The van der Waals surface area contributed by atoms with Crippen molar-refractivity contribution in [1.29, 1.82) is 0 Å². The van der Waals surface area contributed by atoms with Gasteiger partial charge in [-0.25, -0.2) is 8.78 Å². The first kappa shape index (κ1) is 12.2. The molecule has 6 heteroatoms. The van der Waals surface area contributed by atoms with Crippen LogP contribution in [0.25, 0.3) is 11.1 Å². The second kappa shape index (κ2) is 4.56. The van der Waals surface area contributed by atoms with Gasteiger partial charge < -0.3 is 5.11 Å². The second-order valence-electron chi connectivity index (χ2n) is 3.86. The summed E-state index contributed by atoms with van der Waals surface area (Å²) in [6, 6.07) is 3.15. The van der Waals surface area contributed by atoms with Gasteiger partial charge in [-0.15, -0.1) is 0 Å². The molecular formula is C12H10F2N2O2. The summed E-state index contributed by atoms with van der Waals surface area (Å²) in [7, 11) is 1.61. The zero-order valence-electron chi connectivity index (χ0n) is 9.52. The van der Waals surface area contributed by atoms with Crippen LogP contribution in [0.4, 0.5) is 8.78 Å². The van der Waals surface area contributed by atoms with Crippen LogP contribution in [-0.2, 0) is 18.3 Å². The molecule has 2 aromatic rings. The molecular weight excluding hydrogens is 242 g/mol. The van der Waals surface area contributed by atoms with Crippen molar-refractivity contribution in [1.82, 2.24) is 9.78 Å². The summed E-state index contributed by atoms with van der Waals surface area (Å²) in [5.41, 5.74) is 0.744. The molecule has 0 aliphatic carbocycles. The van der Waals surface area contributed by atoms with Crippen molar-refractivity contribution in [2.24, 2.45) is 7.05 Å². The molecule has 1 aromatic heterocycles. The van der Waals surface area contributed by atoms with Crippen molar-refractivity contribution in [3.05, 3.63) is 41.7 Å². The summed E-state index contributed by atoms with van der Waals surface area (Å²) in [6.07, 6.45) is 1.20. The summed E-state index contributed by atoms with van der Waals surface area (Å²) in [4.78, 5) is 10.7. The minimum absolute atomic E-state index is 0.140. The Kier molecular flexibility index (Phi) is 3.10. The van der Waals surface area contributed by atoms with E-state index in [4.69, 9.17) is 5.11 Å². The number of nitrogens with zero attached hydrogens (tertiary/aromatic N) is 2. The summed E-state index contributed by atoms with van der Waals surface area (Å²) in [5.74, 6) is -2.48. The highest BCUT2D eigenvalue weighted by atomic mass is 19.1. The van der Waals surface area contributed by atoms with Crippen molar-refractivity contribution >= 4 is 5.97 Å². The Morgan fingerprint density at radius 3 is 2.72 bits per heavy atom. The van der Waals surface area contributed by atoms with Crippen molar-refractivity contribution in [2.45, 2.75) is 6.42 Å². The second-order valence-corrected chi connectivity index (χ2v) is 3.86. The van der Waals surface area contributed by atoms with E-state index in [1.165, 1.54) is 16.9 Å². The number of hydrogen-bond donors (Lipinski definition) is 1. The van der Waals surface area contributed by atoms with Crippen LogP contribution in [0.5, 0.6) is 0 Å². The first-order valence-electron chi connectivity index (χ1n) is 5.17. The van der Waals surface area contributed by atoms with Gasteiger partial charge in [0.05, 0.1) is 12.1 Å². The molecule has 0 atom stereocenters. The lowest BCUT2D eigenvalue weighted by atomic mass is 10.0. The number of halogens is 2. The Labute approximate surface area is 101 Å². The maximum atomic E-state index is 13.6. The molecule has 1 aromatic carbocycles. The Morgan fingerprint density at radius 2 is 2.11 bits per heavy atom. The van der Waals surface area contributed by atoms with E-state index in [0.717, 1.165) is 12.1 Å². The van der Waals surface area contributed by atoms with Gasteiger partial charge >= 0.3 is 5.97 Å². The van der Waals surface area contributed by atoms with E-state index < -0.39 is 17.6 Å². The minimum Gasteiger partial charge on any atom is -0.481 e. The molecule has 0 amide bonds. The molecule has 0 saturated carbocycles. The molecule has 0 spiro atoms. The summed E-state index contributed by atoms with van der Waals surface area (Å²) in [6.45, 7) is 0. The molecule has 0 aliphatic heterocycles.